The van der Waals surface area contributed by atoms with Crippen molar-refractivity contribution in [3.05, 3.63) is 65.9 Å². The molecule has 1 aromatic heterocycles. The van der Waals surface area contributed by atoms with Gasteiger partial charge in [0.1, 0.15) is 17.1 Å². The van der Waals surface area contributed by atoms with Gasteiger partial charge < -0.3 is 15.4 Å². The monoisotopic (exact) mass is 399 g/mol. The highest BCUT2D eigenvalue weighted by atomic mass is 19.4. The van der Waals surface area contributed by atoms with Crippen molar-refractivity contribution in [3.8, 4) is 11.8 Å². The van der Waals surface area contributed by atoms with Gasteiger partial charge >= 0.3 is 6.18 Å². The van der Waals surface area contributed by atoms with Crippen LogP contribution in [0.3, 0.4) is 0 Å². The molecule has 0 unspecified atom stereocenters. The molecule has 9 heteroatoms. The quantitative estimate of drug-likeness (QED) is 0.589. The van der Waals surface area contributed by atoms with E-state index in [-0.39, 0.29) is 5.95 Å². The van der Waals surface area contributed by atoms with Gasteiger partial charge in [-0.25, -0.2) is 4.98 Å². The van der Waals surface area contributed by atoms with Crippen LogP contribution in [0.5, 0.6) is 5.75 Å². The highest BCUT2D eigenvalue weighted by Gasteiger charge is 2.35. The molecule has 0 fully saturated rings. The van der Waals surface area contributed by atoms with Crippen molar-refractivity contribution in [3.63, 3.8) is 0 Å². The summed E-state index contributed by atoms with van der Waals surface area (Å²) in [6.07, 6.45) is -3.92. The summed E-state index contributed by atoms with van der Waals surface area (Å²) in [5, 5.41) is 14.4. The average Bonchev–Trinajstić information content (AvgIpc) is 2.68. The standard InChI is InChI=1S/C20H16F3N5O/c1-2-29-16-5-3-4-15(10-16)26-18-17(20(21,22)23)12-25-19(28-18)27-14-8-6-13(11-24)7-9-14/h3-10,12H,2H2,1H3,(H2,25,26,27,28). The number of hydrogen-bond acceptors (Lipinski definition) is 6. The molecule has 148 valence electrons. The van der Waals surface area contributed by atoms with Crippen molar-refractivity contribution in [2.24, 2.45) is 0 Å². The molecule has 0 amide bonds. The van der Waals surface area contributed by atoms with E-state index >= 15 is 0 Å². The third-order valence-electron chi connectivity index (χ3n) is 3.77. The number of nitrogens with one attached hydrogen (secondary N) is 2. The Labute approximate surface area is 165 Å². The number of aromatic nitrogens is 2. The summed E-state index contributed by atoms with van der Waals surface area (Å²) >= 11 is 0. The SMILES string of the molecule is CCOc1cccc(Nc2nc(Nc3ccc(C#N)cc3)ncc2C(F)(F)F)c1. The molecule has 0 aliphatic heterocycles. The van der Waals surface area contributed by atoms with E-state index in [2.05, 4.69) is 20.6 Å². The fourth-order valence-electron chi connectivity index (χ4n) is 2.47. The van der Waals surface area contributed by atoms with Crippen LogP contribution in [0.15, 0.2) is 54.7 Å². The topological polar surface area (TPSA) is 82.9 Å². The van der Waals surface area contributed by atoms with Gasteiger partial charge in [0.05, 0.1) is 18.2 Å². The lowest BCUT2D eigenvalue weighted by Gasteiger charge is -2.15. The largest absolute Gasteiger partial charge is 0.494 e. The van der Waals surface area contributed by atoms with Gasteiger partial charge in [-0.05, 0) is 43.3 Å². The predicted molar refractivity (Wildman–Crippen MR) is 102 cm³/mol. The molecule has 6 nitrogen and oxygen atoms in total. The highest BCUT2D eigenvalue weighted by Crippen LogP contribution is 2.35. The van der Waals surface area contributed by atoms with Crippen molar-refractivity contribution >= 4 is 23.1 Å². The molecule has 0 atom stereocenters. The van der Waals surface area contributed by atoms with Gasteiger partial charge in [0, 0.05) is 23.6 Å². The molecular formula is C20H16F3N5O. The number of rotatable bonds is 6. The maximum Gasteiger partial charge on any atom is 0.421 e. The van der Waals surface area contributed by atoms with E-state index in [1.807, 2.05) is 13.0 Å². The fourth-order valence-corrected chi connectivity index (χ4v) is 2.47. The van der Waals surface area contributed by atoms with E-state index in [1.165, 1.54) is 0 Å². The molecule has 3 rings (SSSR count). The van der Waals surface area contributed by atoms with Gasteiger partial charge in [0.15, 0.2) is 0 Å². The normalized spacial score (nSPS) is 10.9. The van der Waals surface area contributed by atoms with Crippen LogP contribution in [-0.2, 0) is 6.18 Å². The van der Waals surface area contributed by atoms with Crippen LogP contribution in [0.25, 0.3) is 0 Å². The lowest BCUT2D eigenvalue weighted by atomic mass is 10.2. The van der Waals surface area contributed by atoms with Crippen LogP contribution in [0.4, 0.5) is 36.3 Å². The summed E-state index contributed by atoms with van der Waals surface area (Å²) < 4.78 is 45.6. The van der Waals surface area contributed by atoms with Crippen molar-refractivity contribution in [2.45, 2.75) is 13.1 Å². The second-order valence-electron chi connectivity index (χ2n) is 5.85. The molecule has 0 spiro atoms. The summed E-state index contributed by atoms with van der Waals surface area (Å²) in [6.45, 7) is 2.25. The minimum absolute atomic E-state index is 0.0221. The molecule has 0 radical (unpaired) electrons. The second kappa shape index (κ2) is 8.48. The Kier molecular flexibility index (Phi) is 5.83. The Morgan fingerprint density at radius 2 is 1.83 bits per heavy atom. The molecule has 0 aliphatic rings. The lowest BCUT2D eigenvalue weighted by molar-refractivity contribution is -0.137. The lowest BCUT2D eigenvalue weighted by Crippen LogP contribution is -2.12. The van der Waals surface area contributed by atoms with Crippen LogP contribution in [0.1, 0.15) is 18.1 Å². The summed E-state index contributed by atoms with van der Waals surface area (Å²) in [5.74, 6) is 0.111. The van der Waals surface area contributed by atoms with Crippen molar-refractivity contribution < 1.29 is 17.9 Å². The summed E-state index contributed by atoms with van der Waals surface area (Å²) in [5.41, 5.74) is 0.391. The van der Waals surface area contributed by atoms with Crippen LogP contribution >= 0.6 is 0 Å². The van der Waals surface area contributed by atoms with Crippen LogP contribution in [0.2, 0.25) is 0 Å². The van der Waals surface area contributed by atoms with Gasteiger partial charge in [-0.2, -0.15) is 23.4 Å². The smallest absolute Gasteiger partial charge is 0.421 e. The predicted octanol–water partition coefficient (Wildman–Crippen LogP) is 5.25. The molecule has 0 bridgehead atoms. The number of benzene rings is 2. The summed E-state index contributed by atoms with van der Waals surface area (Å²) in [6, 6.07) is 14.9. The van der Waals surface area contributed by atoms with Gasteiger partial charge in [-0.1, -0.05) is 6.07 Å². The Morgan fingerprint density at radius 1 is 1.07 bits per heavy atom. The molecule has 2 N–H and O–H groups in total. The number of nitriles is 1. The third kappa shape index (κ3) is 5.13. The van der Waals surface area contributed by atoms with E-state index in [9.17, 15) is 13.2 Å². The van der Waals surface area contributed by atoms with E-state index in [4.69, 9.17) is 10.00 Å². The maximum atomic E-state index is 13.4. The molecule has 29 heavy (non-hydrogen) atoms. The van der Waals surface area contributed by atoms with Crippen LogP contribution in [0, 0.1) is 11.3 Å². The minimum atomic E-state index is -4.63. The van der Waals surface area contributed by atoms with Gasteiger partial charge in [-0.15, -0.1) is 0 Å². The number of nitrogens with zero attached hydrogens (tertiary/aromatic N) is 3. The first-order valence-corrected chi connectivity index (χ1v) is 8.60. The first-order chi connectivity index (χ1) is 13.9. The second-order valence-corrected chi connectivity index (χ2v) is 5.85. The van der Waals surface area contributed by atoms with Crippen LogP contribution in [-0.4, -0.2) is 16.6 Å². The maximum absolute atomic E-state index is 13.4. The number of ether oxygens (including phenoxy) is 1. The van der Waals surface area contributed by atoms with E-state index < -0.39 is 17.6 Å². The minimum Gasteiger partial charge on any atom is -0.494 e. The molecule has 0 saturated carbocycles. The molecule has 0 saturated heterocycles. The fraction of sp³-hybridized carbons (Fsp3) is 0.150. The van der Waals surface area contributed by atoms with Crippen molar-refractivity contribution in [1.29, 1.82) is 5.26 Å². The van der Waals surface area contributed by atoms with Crippen LogP contribution < -0.4 is 15.4 Å². The molecule has 2 aromatic carbocycles. The number of halogens is 3. The zero-order chi connectivity index (χ0) is 20.9. The van der Waals surface area contributed by atoms with E-state index in [0.29, 0.717) is 35.5 Å². The molecule has 1 heterocycles. The Bertz CT molecular complexity index is 1030. The zero-order valence-corrected chi connectivity index (χ0v) is 15.3. The van der Waals surface area contributed by atoms with Gasteiger partial charge in [0.25, 0.3) is 0 Å². The molecule has 3 aromatic rings. The average molecular weight is 399 g/mol. The summed E-state index contributed by atoms with van der Waals surface area (Å²) in [4.78, 5) is 7.75. The Morgan fingerprint density at radius 3 is 2.48 bits per heavy atom. The van der Waals surface area contributed by atoms with Crippen molar-refractivity contribution in [1.82, 2.24) is 9.97 Å². The van der Waals surface area contributed by atoms with Gasteiger partial charge in [0.2, 0.25) is 5.95 Å². The van der Waals surface area contributed by atoms with E-state index in [0.717, 1.165) is 0 Å². The number of alkyl halides is 3. The third-order valence-corrected chi connectivity index (χ3v) is 3.77. The number of hydrogen-bond donors (Lipinski definition) is 2. The Balaban J connectivity index is 1.91. The first kappa shape index (κ1) is 19.9. The van der Waals surface area contributed by atoms with Gasteiger partial charge in [-0.3, -0.25) is 0 Å². The highest BCUT2D eigenvalue weighted by molar-refractivity contribution is 5.64. The number of anilines is 4. The molecule has 0 aliphatic carbocycles. The zero-order valence-electron chi connectivity index (χ0n) is 15.3. The summed E-state index contributed by atoms with van der Waals surface area (Å²) in [7, 11) is 0. The molecular weight excluding hydrogens is 383 g/mol. The first-order valence-electron chi connectivity index (χ1n) is 8.60. The Hall–Kier alpha value is -3.80. The van der Waals surface area contributed by atoms with Crippen molar-refractivity contribution in [2.75, 3.05) is 17.2 Å². The van der Waals surface area contributed by atoms with E-state index in [1.54, 1.807) is 48.5 Å².